The van der Waals surface area contributed by atoms with Gasteiger partial charge in [0.2, 0.25) is 0 Å². The van der Waals surface area contributed by atoms with Gasteiger partial charge in [-0.3, -0.25) is 0 Å². The quantitative estimate of drug-likeness (QED) is 0.519. The third kappa shape index (κ3) is 7.78. The van der Waals surface area contributed by atoms with E-state index in [1.807, 2.05) is 0 Å². The second-order valence-electron chi connectivity index (χ2n) is 2.27. The third-order valence-electron chi connectivity index (χ3n) is 1.28. The summed E-state index contributed by atoms with van der Waals surface area (Å²) in [6, 6.07) is 0. The van der Waals surface area contributed by atoms with Gasteiger partial charge in [0.15, 0.2) is 0 Å². The Morgan fingerprint density at radius 1 is 1.09 bits per heavy atom. The Balaban J connectivity index is 3.02. The van der Waals surface area contributed by atoms with Crippen LogP contribution in [0.5, 0.6) is 0 Å². The van der Waals surface area contributed by atoms with Crippen LogP contribution >= 0.6 is 0 Å². The first-order chi connectivity index (χ1) is 5.31. The lowest BCUT2D eigenvalue weighted by Gasteiger charge is -2.11. The Bertz CT molecular complexity index is 75.7. The maximum absolute atomic E-state index is 5.27. The highest BCUT2D eigenvalue weighted by atomic mass is 16.5. The van der Waals surface area contributed by atoms with E-state index in [9.17, 15) is 0 Å². The van der Waals surface area contributed by atoms with E-state index in [-0.39, 0.29) is 6.10 Å². The summed E-state index contributed by atoms with van der Waals surface area (Å²) in [7, 11) is 3.32. The van der Waals surface area contributed by atoms with E-state index in [0.717, 1.165) is 6.42 Å². The van der Waals surface area contributed by atoms with E-state index in [2.05, 4.69) is 6.92 Å². The van der Waals surface area contributed by atoms with E-state index in [1.54, 1.807) is 14.2 Å². The molecular weight excluding hydrogens is 144 g/mol. The van der Waals surface area contributed by atoms with Crippen LogP contribution < -0.4 is 0 Å². The number of hydrogen-bond acceptors (Lipinski definition) is 3. The normalized spacial score (nSPS) is 13.4. The summed E-state index contributed by atoms with van der Waals surface area (Å²) in [5.41, 5.74) is 0. The SMILES string of the molecule is [CH2]C(CCOC)OCCOC. The van der Waals surface area contributed by atoms with Crippen molar-refractivity contribution in [2.45, 2.75) is 12.5 Å². The van der Waals surface area contributed by atoms with Crippen LogP contribution in [0.3, 0.4) is 0 Å². The van der Waals surface area contributed by atoms with Crippen molar-refractivity contribution in [3.63, 3.8) is 0 Å². The fraction of sp³-hybridized carbons (Fsp3) is 0.875. The molecule has 1 radical (unpaired) electrons. The monoisotopic (exact) mass is 161 g/mol. The van der Waals surface area contributed by atoms with Crippen LogP contribution in [-0.4, -0.2) is 40.1 Å². The van der Waals surface area contributed by atoms with E-state index >= 15 is 0 Å². The van der Waals surface area contributed by atoms with Crippen LogP contribution in [0.25, 0.3) is 0 Å². The summed E-state index contributed by atoms with van der Waals surface area (Å²) in [6.07, 6.45) is 0.852. The molecule has 0 aliphatic rings. The lowest BCUT2D eigenvalue weighted by molar-refractivity contribution is 0.0233. The van der Waals surface area contributed by atoms with Crippen LogP contribution in [-0.2, 0) is 14.2 Å². The van der Waals surface area contributed by atoms with Crippen molar-refractivity contribution in [3.05, 3.63) is 6.92 Å². The zero-order valence-electron chi connectivity index (χ0n) is 7.34. The van der Waals surface area contributed by atoms with Gasteiger partial charge in [-0.05, 0) is 13.3 Å². The number of rotatable bonds is 7. The fourth-order valence-electron chi connectivity index (χ4n) is 0.631. The predicted octanol–water partition coefficient (Wildman–Crippen LogP) is 0.889. The summed E-state index contributed by atoms with van der Waals surface area (Å²) in [5.74, 6) is 0. The standard InChI is InChI=1S/C8H17O3/c1-8(4-5-9-2)11-7-6-10-3/h8H,1,4-7H2,2-3H3. The van der Waals surface area contributed by atoms with Gasteiger partial charge in [0.25, 0.3) is 0 Å². The lowest BCUT2D eigenvalue weighted by atomic mass is 10.3. The zero-order valence-corrected chi connectivity index (χ0v) is 7.34. The Morgan fingerprint density at radius 2 is 1.73 bits per heavy atom. The molecule has 67 valence electrons. The molecule has 0 spiro atoms. The van der Waals surface area contributed by atoms with Gasteiger partial charge in [-0.2, -0.15) is 0 Å². The molecule has 3 heteroatoms. The first kappa shape index (κ1) is 10.9. The van der Waals surface area contributed by atoms with Crippen molar-refractivity contribution < 1.29 is 14.2 Å². The fourth-order valence-corrected chi connectivity index (χ4v) is 0.631. The summed E-state index contributed by atoms with van der Waals surface area (Å²) in [4.78, 5) is 0. The minimum Gasteiger partial charge on any atom is -0.385 e. The van der Waals surface area contributed by atoms with Gasteiger partial charge in [-0.1, -0.05) is 0 Å². The maximum atomic E-state index is 5.27. The van der Waals surface area contributed by atoms with Crippen molar-refractivity contribution in [2.75, 3.05) is 34.0 Å². The molecule has 0 N–H and O–H groups in total. The highest BCUT2D eigenvalue weighted by Crippen LogP contribution is 1.95. The van der Waals surface area contributed by atoms with Crippen LogP contribution in [0, 0.1) is 6.92 Å². The maximum Gasteiger partial charge on any atom is 0.0704 e. The molecule has 1 atom stereocenters. The molecule has 0 aliphatic heterocycles. The van der Waals surface area contributed by atoms with Gasteiger partial charge < -0.3 is 14.2 Å². The molecule has 0 saturated heterocycles. The van der Waals surface area contributed by atoms with Crippen LogP contribution in [0.15, 0.2) is 0 Å². The molecule has 0 aliphatic carbocycles. The summed E-state index contributed by atoms with van der Waals surface area (Å²) < 4.78 is 14.9. The van der Waals surface area contributed by atoms with Gasteiger partial charge in [0, 0.05) is 20.8 Å². The smallest absolute Gasteiger partial charge is 0.0704 e. The van der Waals surface area contributed by atoms with Gasteiger partial charge >= 0.3 is 0 Å². The van der Waals surface area contributed by atoms with E-state index in [1.165, 1.54) is 0 Å². The molecule has 1 unspecified atom stereocenters. The molecule has 0 aromatic heterocycles. The van der Waals surface area contributed by atoms with Crippen molar-refractivity contribution in [1.82, 2.24) is 0 Å². The Kier molecular flexibility index (Phi) is 7.89. The molecule has 3 nitrogen and oxygen atoms in total. The van der Waals surface area contributed by atoms with Gasteiger partial charge in [0.1, 0.15) is 0 Å². The molecule has 0 bridgehead atoms. The predicted molar refractivity (Wildman–Crippen MR) is 43.5 cm³/mol. The number of hydrogen-bond donors (Lipinski definition) is 0. The minimum absolute atomic E-state index is 0.0186. The summed E-state index contributed by atoms with van der Waals surface area (Å²) in [6.45, 7) is 5.71. The molecule has 11 heavy (non-hydrogen) atoms. The first-order valence-electron chi connectivity index (χ1n) is 3.73. The molecular formula is C8H17O3. The topological polar surface area (TPSA) is 27.7 Å². The van der Waals surface area contributed by atoms with Gasteiger partial charge in [0.05, 0.1) is 19.3 Å². The zero-order chi connectivity index (χ0) is 8.53. The van der Waals surface area contributed by atoms with Crippen molar-refractivity contribution in [3.8, 4) is 0 Å². The van der Waals surface area contributed by atoms with Crippen LogP contribution in [0.4, 0.5) is 0 Å². The average Bonchev–Trinajstić information content (AvgIpc) is 2.01. The van der Waals surface area contributed by atoms with E-state index in [0.29, 0.717) is 19.8 Å². The highest BCUT2D eigenvalue weighted by molar-refractivity contribution is 4.58. The highest BCUT2D eigenvalue weighted by Gasteiger charge is 2.00. The minimum atomic E-state index is 0.0186. The van der Waals surface area contributed by atoms with Gasteiger partial charge in [-0.15, -0.1) is 0 Å². The number of methoxy groups -OCH3 is 2. The van der Waals surface area contributed by atoms with Gasteiger partial charge in [-0.25, -0.2) is 0 Å². The molecule has 0 aromatic rings. The molecule has 0 fully saturated rings. The van der Waals surface area contributed by atoms with Crippen molar-refractivity contribution in [1.29, 1.82) is 0 Å². The van der Waals surface area contributed by atoms with E-state index in [4.69, 9.17) is 14.2 Å². The lowest BCUT2D eigenvalue weighted by Crippen LogP contribution is -2.14. The van der Waals surface area contributed by atoms with Crippen LogP contribution in [0.1, 0.15) is 6.42 Å². The Hall–Kier alpha value is -0.120. The first-order valence-corrected chi connectivity index (χ1v) is 3.73. The summed E-state index contributed by atoms with van der Waals surface area (Å²) >= 11 is 0. The Labute approximate surface area is 68.6 Å². The van der Waals surface area contributed by atoms with Crippen molar-refractivity contribution >= 4 is 0 Å². The second kappa shape index (κ2) is 7.98. The van der Waals surface area contributed by atoms with Crippen LogP contribution in [0.2, 0.25) is 0 Å². The third-order valence-corrected chi connectivity index (χ3v) is 1.28. The second-order valence-corrected chi connectivity index (χ2v) is 2.27. The number of ether oxygens (including phenoxy) is 3. The van der Waals surface area contributed by atoms with E-state index < -0.39 is 0 Å². The van der Waals surface area contributed by atoms with Crippen molar-refractivity contribution in [2.24, 2.45) is 0 Å². The molecule has 0 amide bonds. The Morgan fingerprint density at radius 3 is 2.27 bits per heavy atom. The molecule has 0 saturated carbocycles. The molecule has 0 heterocycles. The summed E-state index contributed by atoms with van der Waals surface area (Å²) in [5, 5.41) is 0. The largest absolute Gasteiger partial charge is 0.385 e. The molecule has 0 aromatic carbocycles. The average molecular weight is 161 g/mol. The molecule has 0 rings (SSSR count).